The van der Waals surface area contributed by atoms with Gasteiger partial charge < -0.3 is 4.57 Å². The van der Waals surface area contributed by atoms with E-state index in [1.165, 1.54) is 44.3 Å². The van der Waals surface area contributed by atoms with Crippen LogP contribution in [0.1, 0.15) is 23.5 Å². The number of para-hydroxylation sites is 2. The van der Waals surface area contributed by atoms with Crippen LogP contribution in [0.15, 0.2) is 95.6 Å². The maximum Gasteiger partial charge on any atom is 0.0586 e. The molecule has 1 atom stereocenters. The molecule has 0 saturated heterocycles. The van der Waals surface area contributed by atoms with Gasteiger partial charge in [0, 0.05) is 34.3 Å². The fraction of sp³-hybridized carbons (Fsp3) is 0.0800. The van der Waals surface area contributed by atoms with E-state index < -0.39 is 0 Å². The highest BCUT2D eigenvalue weighted by Gasteiger charge is 2.28. The zero-order valence-electron chi connectivity index (χ0n) is 14.8. The van der Waals surface area contributed by atoms with E-state index in [9.17, 15) is 0 Å². The van der Waals surface area contributed by atoms with E-state index >= 15 is 0 Å². The Morgan fingerprint density at radius 2 is 1.70 bits per heavy atom. The first-order chi connectivity index (χ1) is 13.4. The topological polar surface area (TPSA) is 17.3 Å². The highest BCUT2D eigenvalue weighted by molar-refractivity contribution is 6.12. The third-order valence-electron chi connectivity index (χ3n) is 5.76. The summed E-state index contributed by atoms with van der Waals surface area (Å²) in [6.07, 6.45) is 9.57. The largest absolute Gasteiger partial charge is 0.309 e. The Morgan fingerprint density at radius 3 is 2.63 bits per heavy atom. The molecule has 1 aliphatic heterocycles. The molecule has 27 heavy (non-hydrogen) atoms. The van der Waals surface area contributed by atoms with Gasteiger partial charge in [-0.25, -0.2) is 0 Å². The summed E-state index contributed by atoms with van der Waals surface area (Å²) in [6, 6.07) is 23.9. The first-order valence-electron chi connectivity index (χ1n) is 9.44. The molecule has 2 heterocycles. The summed E-state index contributed by atoms with van der Waals surface area (Å²) < 4.78 is 2.43. The second-order valence-electron chi connectivity index (χ2n) is 7.22. The summed E-state index contributed by atoms with van der Waals surface area (Å²) >= 11 is 0. The summed E-state index contributed by atoms with van der Waals surface area (Å²) in [7, 11) is 0. The van der Waals surface area contributed by atoms with Crippen molar-refractivity contribution in [3.63, 3.8) is 0 Å². The van der Waals surface area contributed by atoms with Crippen LogP contribution in [0.5, 0.6) is 0 Å². The molecule has 0 bridgehead atoms. The van der Waals surface area contributed by atoms with Gasteiger partial charge in [-0.15, -0.1) is 0 Å². The van der Waals surface area contributed by atoms with Crippen molar-refractivity contribution in [2.45, 2.75) is 12.3 Å². The molecule has 0 N–H and O–H groups in total. The van der Waals surface area contributed by atoms with Crippen LogP contribution >= 0.6 is 0 Å². The van der Waals surface area contributed by atoms with Crippen molar-refractivity contribution in [1.29, 1.82) is 0 Å². The number of hydrogen-bond acceptors (Lipinski definition) is 1. The molecular formula is C25H18N2. The third-order valence-corrected chi connectivity index (χ3v) is 5.76. The van der Waals surface area contributed by atoms with Crippen LogP contribution in [0.4, 0.5) is 0 Å². The number of rotatable bonds is 1. The molecule has 0 amide bonds. The van der Waals surface area contributed by atoms with E-state index in [4.69, 9.17) is 4.99 Å². The third kappa shape index (κ3) is 2.04. The lowest BCUT2D eigenvalue weighted by atomic mass is 9.83. The summed E-state index contributed by atoms with van der Waals surface area (Å²) in [4.78, 5) is 4.73. The van der Waals surface area contributed by atoms with Gasteiger partial charge in [0.25, 0.3) is 0 Å². The second kappa shape index (κ2) is 5.55. The van der Waals surface area contributed by atoms with Crippen molar-refractivity contribution in [2.24, 2.45) is 4.99 Å². The molecule has 2 nitrogen and oxygen atoms in total. The van der Waals surface area contributed by atoms with Crippen LogP contribution < -0.4 is 0 Å². The normalized spacial score (nSPS) is 17.8. The van der Waals surface area contributed by atoms with Gasteiger partial charge >= 0.3 is 0 Å². The highest BCUT2D eigenvalue weighted by Crippen LogP contribution is 2.43. The molecular weight excluding hydrogens is 328 g/mol. The van der Waals surface area contributed by atoms with Crippen molar-refractivity contribution < 1.29 is 0 Å². The number of aromatic nitrogens is 1. The SMILES string of the molecule is C1=CCC2C(=C1)N=Cc1ccc3c4ccccc4n(-c4ccccc4)c3c12. The minimum atomic E-state index is 0.325. The van der Waals surface area contributed by atoms with Crippen LogP contribution in [0, 0.1) is 0 Å². The molecule has 0 saturated carbocycles. The van der Waals surface area contributed by atoms with Crippen LogP contribution in [-0.2, 0) is 0 Å². The predicted octanol–water partition coefficient (Wildman–Crippen LogP) is 6.14. The fourth-order valence-corrected chi connectivity index (χ4v) is 4.58. The Bertz CT molecular complexity index is 1290. The summed E-state index contributed by atoms with van der Waals surface area (Å²) in [5.74, 6) is 0.325. The van der Waals surface area contributed by atoms with E-state index in [2.05, 4.69) is 89.5 Å². The molecule has 0 fully saturated rings. The molecule has 0 spiro atoms. The Morgan fingerprint density at radius 1 is 0.852 bits per heavy atom. The standard InChI is InChI=1S/C25H18N2/c1-2-8-18(9-3-1)27-23-13-7-5-10-19(23)20-15-14-17-16-26-22-12-6-4-11-21(22)24(17)25(20)27/h1-10,12-16,21H,11H2. The smallest absolute Gasteiger partial charge is 0.0586 e. The number of allylic oxidation sites excluding steroid dienone is 4. The zero-order valence-corrected chi connectivity index (χ0v) is 14.8. The maximum absolute atomic E-state index is 4.73. The summed E-state index contributed by atoms with van der Waals surface area (Å²) in [5, 5.41) is 2.62. The summed E-state index contributed by atoms with van der Waals surface area (Å²) in [6.45, 7) is 0. The van der Waals surface area contributed by atoms with E-state index in [-0.39, 0.29) is 0 Å². The molecule has 4 aromatic rings. The second-order valence-corrected chi connectivity index (χ2v) is 7.22. The van der Waals surface area contributed by atoms with Crippen LogP contribution in [0.2, 0.25) is 0 Å². The maximum atomic E-state index is 4.73. The van der Waals surface area contributed by atoms with Crippen LogP contribution in [-0.4, -0.2) is 10.8 Å². The average molecular weight is 346 g/mol. The number of hydrogen-bond donors (Lipinski definition) is 0. The number of nitrogens with zero attached hydrogens (tertiary/aromatic N) is 2. The van der Waals surface area contributed by atoms with Gasteiger partial charge in [-0.05, 0) is 41.8 Å². The highest BCUT2D eigenvalue weighted by atomic mass is 15.0. The molecule has 1 aliphatic carbocycles. The zero-order chi connectivity index (χ0) is 17.8. The van der Waals surface area contributed by atoms with Gasteiger partial charge in [-0.3, -0.25) is 4.99 Å². The number of fused-ring (bicyclic) bond motifs is 7. The predicted molar refractivity (Wildman–Crippen MR) is 113 cm³/mol. The minimum absolute atomic E-state index is 0.325. The van der Waals surface area contributed by atoms with Gasteiger partial charge in [-0.2, -0.15) is 0 Å². The first kappa shape index (κ1) is 14.7. The molecule has 0 radical (unpaired) electrons. The van der Waals surface area contributed by atoms with Crippen molar-refractivity contribution >= 4 is 28.0 Å². The van der Waals surface area contributed by atoms with Crippen molar-refractivity contribution in [3.8, 4) is 5.69 Å². The molecule has 2 aliphatic rings. The first-order valence-corrected chi connectivity index (χ1v) is 9.44. The molecule has 3 aromatic carbocycles. The van der Waals surface area contributed by atoms with Gasteiger partial charge in [0.15, 0.2) is 0 Å². The Balaban J connectivity index is 1.81. The van der Waals surface area contributed by atoms with E-state index in [1.54, 1.807) is 0 Å². The molecule has 1 aromatic heterocycles. The van der Waals surface area contributed by atoms with Crippen molar-refractivity contribution in [1.82, 2.24) is 4.57 Å². The lowest BCUT2D eigenvalue weighted by Gasteiger charge is -2.26. The molecule has 1 unspecified atom stereocenters. The van der Waals surface area contributed by atoms with Gasteiger partial charge in [-0.1, -0.05) is 60.7 Å². The summed E-state index contributed by atoms with van der Waals surface area (Å²) in [5.41, 5.74) is 7.58. The quantitative estimate of drug-likeness (QED) is 0.394. The van der Waals surface area contributed by atoms with E-state index in [0.717, 1.165) is 6.42 Å². The van der Waals surface area contributed by atoms with Crippen molar-refractivity contribution in [2.75, 3.05) is 0 Å². The lowest BCUT2D eigenvalue weighted by Crippen LogP contribution is -2.13. The van der Waals surface area contributed by atoms with Gasteiger partial charge in [0.05, 0.1) is 11.0 Å². The molecule has 128 valence electrons. The van der Waals surface area contributed by atoms with Gasteiger partial charge in [0.2, 0.25) is 0 Å². The molecule has 2 heteroatoms. The van der Waals surface area contributed by atoms with Crippen molar-refractivity contribution in [3.05, 3.63) is 102 Å². The van der Waals surface area contributed by atoms with E-state index in [1.807, 2.05) is 6.21 Å². The Labute approximate surface area is 157 Å². The van der Waals surface area contributed by atoms with Crippen LogP contribution in [0.25, 0.3) is 27.5 Å². The molecule has 6 rings (SSSR count). The Hall–Kier alpha value is -3.39. The van der Waals surface area contributed by atoms with Gasteiger partial charge in [0.1, 0.15) is 0 Å². The van der Waals surface area contributed by atoms with E-state index in [0.29, 0.717) is 5.92 Å². The minimum Gasteiger partial charge on any atom is -0.309 e. The average Bonchev–Trinajstić information content (AvgIpc) is 3.08. The van der Waals surface area contributed by atoms with Crippen LogP contribution in [0.3, 0.4) is 0 Å². The number of aliphatic imine (C=N–C) groups is 1. The number of benzene rings is 3. The fourth-order valence-electron chi connectivity index (χ4n) is 4.58. The monoisotopic (exact) mass is 346 g/mol. The Kier molecular flexibility index (Phi) is 3.03. The lowest BCUT2D eigenvalue weighted by molar-refractivity contribution is 0.781.